The summed E-state index contributed by atoms with van der Waals surface area (Å²) in [4.78, 5) is 4.45. The van der Waals surface area contributed by atoms with Gasteiger partial charge in [0.2, 0.25) is 0 Å². The van der Waals surface area contributed by atoms with Gasteiger partial charge in [-0.2, -0.15) is 0 Å². The summed E-state index contributed by atoms with van der Waals surface area (Å²) in [6.45, 7) is 2.72. The lowest BCUT2D eigenvalue weighted by Crippen LogP contribution is -2.08. The highest BCUT2D eigenvalue weighted by molar-refractivity contribution is 7.09. The predicted molar refractivity (Wildman–Crippen MR) is 55.0 cm³/mol. The number of ether oxygens (including phenoxy) is 1. The van der Waals surface area contributed by atoms with Crippen molar-refractivity contribution >= 4 is 11.3 Å². The molecule has 0 aliphatic carbocycles. The largest absolute Gasteiger partial charge is 0.381 e. The second-order valence-corrected chi connectivity index (χ2v) is 3.96. The van der Waals surface area contributed by atoms with Crippen LogP contribution in [0.1, 0.15) is 17.6 Å². The van der Waals surface area contributed by atoms with Gasteiger partial charge in [-0.15, -0.1) is 11.3 Å². The van der Waals surface area contributed by atoms with Crippen molar-refractivity contribution in [2.24, 2.45) is 5.73 Å². The van der Waals surface area contributed by atoms with Crippen LogP contribution in [0.5, 0.6) is 0 Å². The summed E-state index contributed by atoms with van der Waals surface area (Å²) in [5, 5.41) is 3.21. The molecule has 74 valence electrons. The van der Waals surface area contributed by atoms with Crippen LogP contribution >= 0.6 is 11.3 Å². The normalized spacial score (nSPS) is 13.2. The summed E-state index contributed by atoms with van der Waals surface area (Å²) >= 11 is 1.69. The lowest BCUT2D eigenvalue weighted by Gasteiger charge is -2.05. The first-order chi connectivity index (χ1) is 6.26. The highest BCUT2D eigenvalue weighted by Crippen LogP contribution is 2.12. The minimum atomic E-state index is 0.247. The number of methoxy groups -OCH3 is 1. The van der Waals surface area contributed by atoms with Crippen molar-refractivity contribution in [3.63, 3.8) is 0 Å². The van der Waals surface area contributed by atoms with Crippen LogP contribution in [0, 0.1) is 0 Å². The highest BCUT2D eigenvalue weighted by Gasteiger charge is 2.05. The molecular formula is C9H16N2OS. The summed E-state index contributed by atoms with van der Waals surface area (Å²) < 4.78 is 5.17. The van der Waals surface area contributed by atoms with Crippen LogP contribution in [-0.2, 0) is 17.6 Å². The number of hydrogen-bond donors (Lipinski definition) is 1. The molecule has 0 amide bonds. The van der Waals surface area contributed by atoms with E-state index in [4.69, 9.17) is 10.5 Å². The fourth-order valence-electron chi connectivity index (χ4n) is 1.03. The topological polar surface area (TPSA) is 48.1 Å². The SMILES string of the molecule is COC(C)Cc1nc(CCN)cs1. The van der Waals surface area contributed by atoms with E-state index in [-0.39, 0.29) is 6.10 Å². The lowest BCUT2D eigenvalue weighted by atomic mass is 10.3. The Balaban J connectivity index is 2.48. The van der Waals surface area contributed by atoms with Gasteiger partial charge in [0, 0.05) is 25.3 Å². The zero-order valence-electron chi connectivity index (χ0n) is 8.12. The summed E-state index contributed by atoms with van der Waals surface area (Å²) in [5.41, 5.74) is 6.54. The molecule has 1 unspecified atom stereocenters. The van der Waals surface area contributed by atoms with Gasteiger partial charge in [0.15, 0.2) is 0 Å². The maximum Gasteiger partial charge on any atom is 0.0954 e. The average Bonchev–Trinajstić information content (AvgIpc) is 2.53. The number of hydrogen-bond acceptors (Lipinski definition) is 4. The number of nitrogens with zero attached hydrogens (tertiary/aromatic N) is 1. The molecule has 0 aliphatic rings. The molecule has 0 saturated heterocycles. The standard InChI is InChI=1S/C9H16N2OS/c1-7(12-2)5-9-11-8(3-4-10)6-13-9/h6-7H,3-5,10H2,1-2H3. The third kappa shape index (κ3) is 3.42. The molecule has 2 N–H and O–H groups in total. The molecule has 0 bridgehead atoms. The molecule has 1 aromatic rings. The maximum atomic E-state index is 5.44. The number of thiazole rings is 1. The summed E-state index contributed by atoms with van der Waals surface area (Å²) in [5.74, 6) is 0. The number of rotatable bonds is 5. The molecule has 0 aliphatic heterocycles. The summed E-state index contributed by atoms with van der Waals surface area (Å²) in [6, 6.07) is 0. The quantitative estimate of drug-likeness (QED) is 0.777. The second kappa shape index (κ2) is 5.32. The van der Waals surface area contributed by atoms with Crippen LogP contribution in [0.15, 0.2) is 5.38 Å². The first-order valence-electron chi connectivity index (χ1n) is 4.42. The molecule has 1 atom stereocenters. The van der Waals surface area contributed by atoms with E-state index >= 15 is 0 Å². The molecule has 0 saturated carbocycles. The number of nitrogens with two attached hydrogens (primary N) is 1. The van der Waals surface area contributed by atoms with E-state index in [0.717, 1.165) is 23.5 Å². The Hall–Kier alpha value is -0.450. The van der Waals surface area contributed by atoms with Gasteiger partial charge in [-0.3, -0.25) is 0 Å². The lowest BCUT2D eigenvalue weighted by molar-refractivity contribution is 0.118. The van der Waals surface area contributed by atoms with Gasteiger partial charge in [0.05, 0.1) is 16.8 Å². The van der Waals surface area contributed by atoms with E-state index < -0.39 is 0 Å². The minimum Gasteiger partial charge on any atom is -0.381 e. The average molecular weight is 200 g/mol. The Kier molecular flexibility index (Phi) is 4.35. The summed E-state index contributed by atoms with van der Waals surface area (Å²) in [6.07, 6.45) is 2.01. The maximum absolute atomic E-state index is 5.44. The minimum absolute atomic E-state index is 0.247. The second-order valence-electron chi connectivity index (χ2n) is 3.02. The van der Waals surface area contributed by atoms with Crippen molar-refractivity contribution < 1.29 is 4.74 Å². The molecular weight excluding hydrogens is 184 g/mol. The van der Waals surface area contributed by atoms with Gasteiger partial charge in [-0.05, 0) is 13.5 Å². The van der Waals surface area contributed by atoms with Gasteiger partial charge in [0.1, 0.15) is 0 Å². The van der Waals surface area contributed by atoms with Crippen LogP contribution in [0.2, 0.25) is 0 Å². The number of aromatic nitrogens is 1. The fraction of sp³-hybridized carbons (Fsp3) is 0.667. The fourth-order valence-corrected chi connectivity index (χ4v) is 1.98. The summed E-state index contributed by atoms with van der Waals surface area (Å²) in [7, 11) is 1.72. The van der Waals surface area contributed by atoms with Crippen molar-refractivity contribution in [3.8, 4) is 0 Å². The van der Waals surface area contributed by atoms with Crippen LogP contribution in [0.3, 0.4) is 0 Å². The van der Waals surface area contributed by atoms with E-state index in [1.54, 1.807) is 18.4 Å². The predicted octanol–water partition coefficient (Wildman–Crippen LogP) is 1.22. The Bertz CT molecular complexity index is 250. The van der Waals surface area contributed by atoms with Crippen LogP contribution in [0.4, 0.5) is 0 Å². The van der Waals surface area contributed by atoms with Crippen molar-refractivity contribution in [3.05, 3.63) is 16.1 Å². The molecule has 3 nitrogen and oxygen atoms in total. The van der Waals surface area contributed by atoms with Gasteiger partial charge < -0.3 is 10.5 Å². The Labute approximate surface area is 82.9 Å². The zero-order valence-corrected chi connectivity index (χ0v) is 8.93. The van der Waals surface area contributed by atoms with Gasteiger partial charge >= 0.3 is 0 Å². The van der Waals surface area contributed by atoms with E-state index in [9.17, 15) is 0 Å². The Morgan fingerprint density at radius 1 is 1.69 bits per heavy atom. The highest BCUT2D eigenvalue weighted by atomic mass is 32.1. The van der Waals surface area contributed by atoms with E-state index in [2.05, 4.69) is 10.4 Å². The molecule has 1 rings (SSSR count). The first-order valence-corrected chi connectivity index (χ1v) is 5.30. The molecule has 0 radical (unpaired) electrons. The van der Waals surface area contributed by atoms with E-state index in [0.29, 0.717) is 6.54 Å². The van der Waals surface area contributed by atoms with Crippen molar-refractivity contribution in [1.29, 1.82) is 0 Å². The first kappa shape index (κ1) is 10.6. The van der Waals surface area contributed by atoms with Gasteiger partial charge in [-0.25, -0.2) is 4.98 Å². The molecule has 0 fully saturated rings. The van der Waals surface area contributed by atoms with Crippen LogP contribution < -0.4 is 5.73 Å². The van der Waals surface area contributed by atoms with E-state index in [1.807, 2.05) is 6.92 Å². The van der Waals surface area contributed by atoms with Crippen molar-refractivity contribution in [2.45, 2.75) is 25.9 Å². The monoisotopic (exact) mass is 200 g/mol. The Morgan fingerprint density at radius 3 is 3.08 bits per heavy atom. The molecule has 4 heteroatoms. The van der Waals surface area contributed by atoms with Crippen LogP contribution in [0.25, 0.3) is 0 Å². The van der Waals surface area contributed by atoms with Crippen molar-refractivity contribution in [2.75, 3.05) is 13.7 Å². The Morgan fingerprint density at radius 2 is 2.46 bits per heavy atom. The van der Waals surface area contributed by atoms with Gasteiger partial charge in [0.25, 0.3) is 0 Å². The smallest absolute Gasteiger partial charge is 0.0954 e. The van der Waals surface area contributed by atoms with Crippen molar-refractivity contribution in [1.82, 2.24) is 4.98 Å². The van der Waals surface area contributed by atoms with Gasteiger partial charge in [-0.1, -0.05) is 0 Å². The van der Waals surface area contributed by atoms with Crippen LogP contribution in [-0.4, -0.2) is 24.7 Å². The molecule has 13 heavy (non-hydrogen) atoms. The zero-order chi connectivity index (χ0) is 9.68. The van der Waals surface area contributed by atoms with E-state index in [1.165, 1.54) is 0 Å². The molecule has 1 heterocycles. The molecule has 1 aromatic heterocycles. The third-order valence-corrected chi connectivity index (χ3v) is 2.78. The third-order valence-electron chi connectivity index (χ3n) is 1.86. The molecule has 0 aromatic carbocycles. The molecule has 0 spiro atoms.